The second-order valence-electron chi connectivity index (χ2n) is 11.7. The van der Waals surface area contributed by atoms with E-state index in [0.717, 1.165) is 23.0 Å². The van der Waals surface area contributed by atoms with Crippen LogP contribution in [0.5, 0.6) is 0 Å². The summed E-state index contributed by atoms with van der Waals surface area (Å²) in [6.45, 7) is 5.76. The number of imidazole rings is 1. The molecule has 1 heterocycles. The summed E-state index contributed by atoms with van der Waals surface area (Å²) in [5.41, 5.74) is 3.44. The second-order valence-corrected chi connectivity index (χ2v) is 13.9. The van der Waals surface area contributed by atoms with Crippen molar-refractivity contribution < 1.29 is 27.1 Å². The van der Waals surface area contributed by atoms with Gasteiger partial charge in [-0.3, -0.25) is 0 Å². The molecule has 10 heteroatoms. The monoisotopic (exact) mass is 607 g/mol. The number of carboxylic acids is 1. The Balaban J connectivity index is 1.79. The third-order valence-electron chi connectivity index (χ3n) is 7.23. The summed E-state index contributed by atoms with van der Waals surface area (Å²) in [4.78, 5) is 16.5. The van der Waals surface area contributed by atoms with Crippen molar-refractivity contribution in [2.75, 3.05) is 11.6 Å². The van der Waals surface area contributed by atoms with E-state index in [9.17, 15) is 27.1 Å². The molecule has 0 amide bonds. The molecule has 4 aromatic rings. The van der Waals surface area contributed by atoms with E-state index >= 15 is 0 Å². The van der Waals surface area contributed by atoms with Crippen LogP contribution in [0, 0.1) is 17.0 Å². The molecule has 0 radical (unpaired) electrons. The number of nitrogens with one attached hydrogen (secondary N) is 1. The maximum absolute atomic E-state index is 13.8. The van der Waals surface area contributed by atoms with Crippen molar-refractivity contribution >= 4 is 33.1 Å². The van der Waals surface area contributed by atoms with Crippen LogP contribution in [0.15, 0.2) is 85.5 Å². The van der Waals surface area contributed by atoms with E-state index in [0.29, 0.717) is 23.4 Å². The van der Waals surface area contributed by atoms with Crippen LogP contribution in [0.1, 0.15) is 38.3 Å². The van der Waals surface area contributed by atoms with Gasteiger partial charge in [0, 0.05) is 36.4 Å². The highest BCUT2D eigenvalue weighted by atomic mass is 32.2. The van der Waals surface area contributed by atoms with E-state index in [1.807, 2.05) is 29.0 Å². The maximum Gasteiger partial charge on any atom is 0.326 e. The number of carbonyl (C=O) groups is 1. The minimum atomic E-state index is -3.56. The molecule has 43 heavy (non-hydrogen) atoms. The topological polar surface area (TPSA) is 101 Å². The van der Waals surface area contributed by atoms with E-state index in [4.69, 9.17) is 0 Å². The quantitative estimate of drug-likeness (QED) is 0.182. The highest BCUT2D eigenvalue weighted by Crippen LogP contribution is 2.34. The minimum absolute atomic E-state index is 0.151. The van der Waals surface area contributed by atoms with E-state index in [2.05, 4.69) is 10.3 Å². The van der Waals surface area contributed by atoms with Gasteiger partial charge in [-0.05, 0) is 76.6 Å². The first kappa shape index (κ1) is 31.6. The number of hydrogen-bond acceptors (Lipinski definition) is 5. The molecule has 0 aliphatic heterocycles. The van der Waals surface area contributed by atoms with Crippen molar-refractivity contribution in [3.63, 3.8) is 0 Å². The fraction of sp³-hybridized carbons (Fsp3) is 0.273. The summed E-state index contributed by atoms with van der Waals surface area (Å²) in [5.74, 6) is -1.96. The SMILES string of the molecule is CC(C)(C)C(C[C@H](Nc1ccc(C=C(Cn2ccnc2)c2ccc(F)cc2)cc1-c1ccc(F)cc1)C(=O)O)S(C)(=O)=O. The van der Waals surface area contributed by atoms with E-state index in [-0.39, 0.29) is 12.2 Å². The number of allylic oxidation sites excluding steroid dienone is 1. The summed E-state index contributed by atoms with van der Waals surface area (Å²) < 4.78 is 54.7. The van der Waals surface area contributed by atoms with Gasteiger partial charge >= 0.3 is 5.97 Å². The Kier molecular flexibility index (Phi) is 9.49. The molecule has 0 bridgehead atoms. The molecule has 0 saturated carbocycles. The standard InChI is InChI=1S/C33H35F2N3O4S/c1-33(2,3)31(43(4,41)42)19-30(32(39)40)37-29-14-5-22(18-28(29)24-8-12-27(35)13-9-24)17-25(20-38-16-15-36-21-38)23-6-10-26(34)11-7-23/h5-18,21,30-31,37H,19-20H2,1-4H3,(H,39,40)/t30-,31?/m0/s1. The molecule has 0 aliphatic rings. The van der Waals surface area contributed by atoms with Gasteiger partial charge in [0.2, 0.25) is 0 Å². The van der Waals surface area contributed by atoms with Gasteiger partial charge < -0.3 is 15.0 Å². The summed E-state index contributed by atoms with van der Waals surface area (Å²) in [5, 5.41) is 12.3. The average molecular weight is 608 g/mol. The van der Waals surface area contributed by atoms with Gasteiger partial charge in [0.15, 0.2) is 9.84 Å². The minimum Gasteiger partial charge on any atom is -0.480 e. The van der Waals surface area contributed by atoms with Crippen molar-refractivity contribution in [1.82, 2.24) is 9.55 Å². The molecule has 0 spiro atoms. The Hall–Kier alpha value is -4.31. The Morgan fingerprint density at radius 3 is 2.19 bits per heavy atom. The first-order chi connectivity index (χ1) is 20.2. The van der Waals surface area contributed by atoms with Crippen molar-refractivity contribution in [3.8, 4) is 11.1 Å². The van der Waals surface area contributed by atoms with Gasteiger partial charge in [-0.25, -0.2) is 27.0 Å². The molecule has 2 N–H and O–H groups in total. The number of anilines is 1. The number of benzene rings is 3. The van der Waals surface area contributed by atoms with E-state index in [1.165, 1.54) is 24.3 Å². The number of carboxylic acid groups (broad SMARTS) is 1. The smallest absolute Gasteiger partial charge is 0.326 e. The zero-order valence-electron chi connectivity index (χ0n) is 24.5. The lowest BCUT2D eigenvalue weighted by atomic mass is 9.87. The summed E-state index contributed by atoms with van der Waals surface area (Å²) in [6, 6.07) is 16.2. The van der Waals surface area contributed by atoms with Crippen LogP contribution in [-0.2, 0) is 21.2 Å². The van der Waals surface area contributed by atoms with Crippen LogP contribution in [0.3, 0.4) is 0 Å². The molecule has 7 nitrogen and oxygen atoms in total. The van der Waals surface area contributed by atoms with Crippen LogP contribution in [0.4, 0.5) is 14.5 Å². The maximum atomic E-state index is 13.8. The van der Waals surface area contributed by atoms with Gasteiger partial charge in [-0.1, -0.05) is 51.1 Å². The Labute approximate surface area is 250 Å². The summed E-state index contributed by atoms with van der Waals surface area (Å²) in [7, 11) is -3.56. The van der Waals surface area contributed by atoms with Crippen molar-refractivity contribution in [1.29, 1.82) is 0 Å². The molecule has 3 aromatic carbocycles. The van der Waals surface area contributed by atoms with Gasteiger partial charge in [0.25, 0.3) is 0 Å². The largest absolute Gasteiger partial charge is 0.480 e. The highest BCUT2D eigenvalue weighted by Gasteiger charge is 2.37. The number of aliphatic carboxylic acids is 1. The highest BCUT2D eigenvalue weighted by molar-refractivity contribution is 7.91. The number of hydrogen-bond donors (Lipinski definition) is 2. The van der Waals surface area contributed by atoms with Crippen molar-refractivity contribution in [3.05, 3.63) is 108 Å². The molecule has 1 unspecified atom stereocenters. The van der Waals surface area contributed by atoms with E-state index in [1.54, 1.807) is 63.6 Å². The predicted molar refractivity (Wildman–Crippen MR) is 166 cm³/mol. The molecule has 226 valence electrons. The van der Waals surface area contributed by atoms with Gasteiger partial charge in [0.05, 0.1) is 11.6 Å². The predicted octanol–water partition coefficient (Wildman–Crippen LogP) is 6.78. The Morgan fingerprint density at radius 1 is 1.02 bits per heavy atom. The first-order valence-corrected chi connectivity index (χ1v) is 15.7. The molecular formula is C33H35F2N3O4S. The average Bonchev–Trinajstić information content (AvgIpc) is 3.44. The number of halogens is 2. The van der Waals surface area contributed by atoms with Gasteiger partial charge in [-0.2, -0.15) is 0 Å². The molecular weight excluding hydrogens is 572 g/mol. The Bertz CT molecular complexity index is 1690. The van der Waals surface area contributed by atoms with Crippen molar-refractivity contribution in [2.24, 2.45) is 5.41 Å². The zero-order valence-corrected chi connectivity index (χ0v) is 25.3. The molecule has 4 rings (SSSR count). The molecule has 0 aliphatic carbocycles. The van der Waals surface area contributed by atoms with Crippen LogP contribution < -0.4 is 5.32 Å². The molecule has 0 fully saturated rings. The number of nitrogens with zero attached hydrogens (tertiary/aromatic N) is 2. The van der Waals surface area contributed by atoms with Gasteiger partial charge in [-0.15, -0.1) is 0 Å². The third kappa shape index (κ3) is 8.38. The number of sulfone groups is 1. The Morgan fingerprint density at radius 2 is 1.65 bits per heavy atom. The molecule has 0 saturated heterocycles. The lowest BCUT2D eigenvalue weighted by Crippen LogP contribution is -2.42. The van der Waals surface area contributed by atoms with Gasteiger partial charge in [0.1, 0.15) is 17.7 Å². The lowest BCUT2D eigenvalue weighted by molar-refractivity contribution is -0.138. The second kappa shape index (κ2) is 12.9. The van der Waals surface area contributed by atoms with E-state index < -0.39 is 38.3 Å². The number of rotatable bonds is 11. The van der Waals surface area contributed by atoms with Crippen LogP contribution in [0.25, 0.3) is 22.8 Å². The fourth-order valence-corrected chi connectivity index (χ4v) is 6.93. The van der Waals surface area contributed by atoms with Crippen LogP contribution in [-0.4, -0.2) is 46.6 Å². The summed E-state index contributed by atoms with van der Waals surface area (Å²) >= 11 is 0. The molecule has 2 atom stereocenters. The normalized spacial score (nSPS) is 13.9. The summed E-state index contributed by atoms with van der Waals surface area (Å²) in [6.07, 6.45) is 8.08. The number of aromatic nitrogens is 2. The van der Waals surface area contributed by atoms with Crippen LogP contribution >= 0.6 is 0 Å². The first-order valence-electron chi connectivity index (χ1n) is 13.7. The lowest BCUT2D eigenvalue weighted by Gasteiger charge is -2.31. The van der Waals surface area contributed by atoms with Crippen LogP contribution in [0.2, 0.25) is 0 Å². The third-order valence-corrected chi connectivity index (χ3v) is 9.16. The zero-order chi connectivity index (χ0) is 31.4. The fourth-order valence-electron chi connectivity index (χ4n) is 5.10. The van der Waals surface area contributed by atoms with Crippen molar-refractivity contribution in [2.45, 2.75) is 45.0 Å². The molecule has 1 aromatic heterocycles.